The molecule has 11 heteroatoms. The highest BCUT2D eigenvalue weighted by atomic mass is 35.5. The van der Waals surface area contributed by atoms with E-state index in [0.29, 0.717) is 16.4 Å². The average Bonchev–Trinajstić information content (AvgIpc) is 3.16. The summed E-state index contributed by atoms with van der Waals surface area (Å²) in [6.07, 6.45) is 3.18. The van der Waals surface area contributed by atoms with Crippen LogP contribution in [0.2, 0.25) is 5.02 Å². The molecule has 0 atom stereocenters. The normalized spacial score (nSPS) is 11.5. The van der Waals surface area contributed by atoms with Crippen molar-refractivity contribution in [2.75, 3.05) is 13.6 Å². The number of likely N-dealkylation sites (N-methyl/N-ethyl adjacent to an activating group) is 1. The van der Waals surface area contributed by atoms with Gasteiger partial charge in [-0.15, -0.1) is 0 Å². The van der Waals surface area contributed by atoms with Crippen molar-refractivity contribution in [1.29, 1.82) is 0 Å². The van der Waals surface area contributed by atoms with Crippen molar-refractivity contribution >= 4 is 27.6 Å². The lowest BCUT2D eigenvalue weighted by molar-refractivity contribution is -0.145. The number of carbonyl (C=O) groups is 1. The van der Waals surface area contributed by atoms with Gasteiger partial charge in [0.05, 0.1) is 4.90 Å². The summed E-state index contributed by atoms with van der Waals surface area (Å²) < 4.78 is 35.8. The van der Waals surface area contributed by atoms with Gasteiger partial charge in [-0.05, 0) is 36.4 Å². The van der Waals surface area contributed by atoms with E-state index in [9.17, 15) is 13.2 Å². The molecule has 146 valence electrons. The van der Waals surface area contributed by atoms with E-state index in [-0.39, 0.29) is 17.4 Å². The number of aromatic nitrogens is 3. The maximum absolute atomic E-state index is 12.4. The number of ether oxygens (including phenoxy) is 1. The highest BCUT2D eigenvalue weighted by Gasteiger charge is 2.24. The van der Waals surface area contributed by atoms with Crippen LogP contribution in [0.15, 0.2) is 58.2 Å². The van der Waals surface area contributed by atoms with Crippen molar-refractivity contribution < 1.29 is 22.5 Å². The van der Waals surface area contributed by atoms with Gasteiger partial charge in [-0.2, -0.15) is 9.29 Å². The van der Waals surface area contributed by atoms with E-state index in [1.54, 1.807) is 24.5 Å². The van der Waals surface area contributed by atoms with E-state index in [1.807, 2.05) is 0 Å². The maximum atomic E-state index is 12.4. The molecule has 0 aliphatic carbocycles. The number of benzene rings is 1. The number of sulfonamides is 1. The average molecular weight is 423 g/mol. The third kappa shape index (κ3) is 4.71. The molecule has 9 nitrogen and oxygen atoms in total. The van der Waals surface area contributed by atoms with Gasteiger partial charge in [-0.25, -0.2) is 8.42 Å². The fourth-order valence-electron chi connectivity index (χ4n) is 2.17. The molecule has 0 spiro atoms. The van der Waals surface area contributed by atoms with Gasteiger partial charge in [0.25, 0.3) is 5.89 Å². The summed E-state index contributed by atoms with van der Waals surface area (Å²) in [5.41, 5.74) is 0.651. The number of rotatable bonds is 7. The maximum Gasteiger partial charge on any atom is 0.321 e. The van der Waals surface area contributed by atoms with Crippen LogP contribution in [0, 0.1) is 0 Å². The Bertz CT molecular complexity index is 1050. The molecule has 0 bridgehead atoms. The van der Waals surface area contributed by atoms with E-state index in [4.69, 9.17) is 20.9 Å². The van der Waals surface area contributed by atoms with Gasteiger partial charge in [0.15, 0.2) is 6.61 Å². The molecule has 0 aliphatic heterocycles. The summed E-state index contributed by atoms with van der Waals surface area (Å²) in [4.78, 5) is 20.1. The van der Waals surface area contributed by atoms with Crippen LogP contribution in [0.4, 0.5) is 0 Å². The molecule has 28 heavy (non-hydrogen) atoms. The van der Waals surface area contributed by atoms with E-state index in [1.165, 1.54) is 31.3 Å². The van der Waals surface area contributed by atoms with Crippen LogP contribution < -0.4 is 0 Å². The number of halogens is 1. The Hall–Kier alpha value is -2.82. The van der Waals surface area contributed by atoms with Gasteiger partial charge in [-0.3, -0.25) is 9.78 Å². The molecule has 0 radical (unpaired) electrons. The Morgan fingerprint density at radius 1 is 1.25 bits per heavy atom. The van der Waals surface area contributed by atoms with Crippen LogP contribution in [0.5, 0.6) is 0 Å². The van der Waals surface area contributed by atoms with Crippen molar-refractivity contribution in [2.24, 2.45) is 0 Å². The Morgan fingerprint density at radius 3 is 2.68 bits per heavy atom. The molecule has 2 heterocycles. The lowest BCUT2D eigenvalue weighted by atomic mass is 10.3. The second kappa shape index (κ2) is 8.46. The predicted octanol–water partition coefficient (Wildman–Crippen LogP) is 2.15. The number of pyridine rings is 1. The Balaban J connectivity index is 1.57. The minimum Gasteiger partial charge on any atom is -0.455 e. The first-order valence-electron chi connectivity index (χ1n) is 7.97. The van der Waals surface area contributed by atoms with Gasteiger partial charge >= 0.3 is 5.97 Å². The van der Waals surface area contributed by atoms with Crippen LogP contribution in [0.25, 0.3) is 11.4 Å². The van der Waals surface area contributed by atoms with Crippen molar-refractivity contribution in [3.63, 3.8) is 0 Å². The van der Waals surface area contributed by atoms with E-state index >= 15 is 0 Å². The first-order chi connectivity index (χ1) is 13.4. The Kier molecular flexibility index (Phi) is 6.02. The van der Waals surface area contributed by atoms with Crippen molar-refractivity contribution in [2.45, 2.75) is 11.5 Å². The molecule has 0 unspecified atom stereocenters. The lowest BCUT2D eigenvalue weighted by Gasteiger charge is -2.16. The van der Waals surface area contributed by atoms with Gasteiger partial charge < -0.3 is 9.26 Å². The summed E-state index contributed by atoms with van der Waals surface area (Å²) in [6, 6.07) is 9.11. The van der Waals surface area contributed by atoms with Crippen LogP contribution in [0.3, 0.4) is 0 Å². The third-order valence-corrected chi connectivity index (χ3v) is 5.69. The van der Waals surface area contributed by atoms with Crippen molar-refractivity contribution in [1.82, 2.24) is 19.4 Å². The first kappa shape index (κ1) is 19.9. The molecule has 1 aromatic carbocycles. The molecule has 0 N–H and O–H groups in total. The number of esters is 1. The zero-order valence-corrected chi connectivity index (χ0v) is 16.2. The second-order valence-electron chi connectivity index (χ2n) is 5.63. The van der Waals surface area contributed by atoms with Gasteiger partial charge in [0.2, 0.25) is 15.8 Å². The summed E-state index contributed by atoms with van der Waals surface area (Å²) in [7, 11) is -2.57. The SMILES string of the molecule is CN(CC(=O)OCc1nc(-c2cccnc2)no1)S(=O)(=O)c1ccc(Cl)cc1. The lowest BCUT2D eigenvalue weighted by Crippen LogP contribution is -2.33. The summed E-state index contributed by atoms with van der Waals surface area (Å²) >= 11 is 5.76. The molecular weight excluding hydrogens is 408 g/mol. The van der Waals surface area contributed by atoms with Crippen molar-refractivity contribution in [3.05, 3.63) is 59.7 Å². The molecular formula is C17H15ClN4O5S. The quantitative estimate of drug-likeness (QED) is 0.532. The molecule has 0 amide bonds. The molecule has 2 aromatic heterocycles. The van der Waals surface area contributed by atoms with Crippen LogP contribution >= 0.6 is 11.6 Å². The Morgan fingerprint density at radius 2 is 2.00 bits per heavy atom. The van der Waals surface area contributed by atoms with E-state index < -0.39 is 22.5 Å². The van der Waals surface area contributed by atoms with Crippen molar-refractivity contribution in [3.8, 4) is 11.4 Å². The van der Waals surface area contributed by atoms with Crippen LogP contribution in [-0.4, -0.2) is 47.4 Å². The summed E-state index contributed by atoms with van der Waals surface area (Å²) in [5, 5.41) is 4.19. The highest BCUT2D eigenvalue weighted by molar-refractivity contribution is 7.89. The smallest absolute Gasteiger partial charge is 0.321 e. The van der Waals surface area contributed by atoms with E-state index in [0.717, 1.165) is 4.31 Å². The molecule has 3 aromatic rings. The van der Waals surface area contributed by atoms with E-state index in [2.05, 4.69) is 15.1 Å². The monoisotopic (exact) mass is 422 g/mol. The number of hydrogen-bond donors (Lipinski definition) is 0. The predicted molar refractivity (Wildman–Crippen MR) is 98.6 cm³/mol. The minimum atomic E-state index is -3.85. The molecule has 3 rings (SSSR count). The standard InChI is InChI=1S/C17H15ClN4O5S/c1-22(28(24,25)14-6-4-13(18)5-7-14)10-16(23)26-11-15-20-17(21-27-15)12-3-2-8-19-9-12/h2-9H,10-11H2,1H3. The topological polar surface area (TPSA) is 115 Å². The number of nitrogens with zero attached hydrogens (tertiary/aromatic N) is 4. The third-order valence-electron chi connectivity index (χ3n) is 3.62. The van der Waals surface area contributed by atoms with Crippen LogP contribution in [0.1, 0.15) is 5.89 Å². The molecule has 0 saturated heterocycles. The fraction of sp³-hybridized carbons (Fsp3) is 0.176. The minimum absolute atomic E-state index is 0.0187. The zero-order valence-electron chi connectivity index (χ0n) is 14.6. The molecule has 0 fully saturated rings. The number of carbonyl (C=O) groups excluding carboxylic acids is 1. The molecule has 0 aliphatic rings. The second-order valence-corrected chi connectivity index (χ2v) is 8.11. The van der Waals surface area contributed by atoms with Crippen LogP contribution in [-0.2, 0) is 26.2 Å². The number of hydrogen-bond acceptors (Lipinski definition) is 8. The van der Waals surface area contributed by atoms with Gasteiger partial charge in [0.1, 0.15) is 6.54 Å². The zero-order chi connectivity index (χ0) is 20.1. The summed E-state index contributed by atoms with van der Waals surface area (Å²) in [6.45, 7) is -0.754. The largest absolute Gasteiger partial charge is 0.455 e. The Labute approximate surface area is 166 Å². The van der Waals surface area contributed by atoms with Gasteiger partial charge in [0, 0.05) is 30.0 Å². The molecule has 0 saturated carbocycles. The fourth-order valence-corrected chi connectivity index (χ4v) is 3.41. The first-order valence-corrected chi connectivity index (χ1v) is 9.78. The highest BCUT2D eigenvalue weighted by Crippen LogP contribution is 2.18. The van der Waals surface area contributed by atoms with Gasteiger partial charge in [-0.1, -0.05) is 16.8 Å². The summed E-state index contributed by atoms with van der Waals surface area (Å²) in [5.74, 6) is -0.377.